The fraction of sp³-hybridized carbons (Fsp3) is 0.316. The predicted molar refractivity (Wildman–Crippen MR) is 88.4 cm³/mol. The van der Waals surface area contributed by atoms with Crippen molar-refractivity contribution >= 4 is 5.91 Å². The molecule has 0 saturated heterocycles. The Hall–Kier alpha value is -2.33. The SMILES string of the molecule is COc1ccccc1C(=O)NCC(O)(c1ccccc1)C1CC1. The summed E-state index contributed by atoms with van der Waals surface area (Å²) in [7, 11) is 1.54. The zero-order valence-electron chi connectivity index (χ0n) is 13.2. The summed E-state index contributed by atoms with van der Waals surface area (Å²) in [5, 5.41) is 14.0. The third-order valence-electron chi connectivity index (χ3n) is 4.40. The monoisotopic (exact) mass is 311 g/mol. The first-order chi connectivity index (χ1) is 11.1. The summed E-state index contributed by atoms with van der Waals surface area (Å²) in [5.74, 6) is 0.486. The minimum absolute atomic E-state index is 0.193. The maximum atomic E-state index is 12.4. The van der Waals surface area contributed by atoms with Crippen molar-refractivity contribution in [3.05, 3.63) is 65.7 Å². The number of para-hydroxylation sites is 1. The smallest absolute Gasteiger partial charge is 0.255 e. The van der Waals surface area contributed by atoms with Crippen molar-refractivity contribution in [2.45, 2.75) is 18.4 Å². The third-order valence-corrected chi connectivity index (χ3v) is 4.40. The van der Waals surface area contributed by atoms with Gasteiger partial charge in [-0.2, -0.15) is 0 Å². The topological polar surface area (TPSA) is 58.6 Å². The number of carbonyl (C=O) groups is 1. The van der Waals surface area contributed by atoms with Crippen molar-refractivity contribution in [1.29, 1.82) is 0 Å². The van der Waals surface area contributed by atoms with E-state index < -0.39 is 5.60 Å². The largest absolute Gasteiger partial charge is 0.496 e. The van der Waals surface area contributed by atoms with Crippen LogP contribution in [0.2, 0.25) is 0 Å². The van der Waals surface area contributed by atoms with Crippen molar-refractivity contribution in [2.75, 3.05) is 13.7 Å². The molecule has 23 heavy (non-hydrogen) atoms. The molecule has 1 aliphatic carbocycles. The van der Waals surface area contributed by atoms with E-state index in [1.807, 2.05) is 36.4 Å². The highest BCUT2D eigenvalue weighted by atomic mass is 16.5. The van der Waals surface area contributed by atoms with Crippen LogP contribution in [0.15, 0.2) is 54.6 Å². The molecule has 1 saturated carbocycles. The van der Waals surface area contributed by atoms with Crippen LogP contribution in [0.1, 0.15) is 28.8 Å². The van der Waals surface area contributed by atoms with Gasteiger partial charge < -0.3 is 15.2 Å². The van der Waals surface area contributed by atoms with Crippen LogP contribution in [0, 0.1) is 5.92 Å². The molecule has 0 aliphatic heterocycles. The molecule has 3 rings (SSSR count). The molecule has 1 aliphatic rings. The first-order valence-electron chi connectivity index (χ1n) is 7.84. The first kappa shape index (κ1) is 15.6. The minimum atomic E-state index is -1.01. The van der Waals surface area contributed by atoms with Crippen LogP contribution in [0.4, 0.5) is 0 Å². The van der Waals surface area contributed by atoms with Gasteiger partial charge in [0.1, 0.15) is 11.4 Å². The number of carbonyl (C=O) groups excluding carboxylic acids is 1. The van der Waals surface area contributed by atoms with Crippen molar-refractivity contribution in [3.8, 4) is 5.75 Å². The van der Waals surface area contributed by atoms with Gasteiger partial charge in [0.2, 0.25) is 0 Å². The van der Waals surface area contributed by atoms with Gasteiger partial charge in [0.15, 0.2) is 0 Å². The molecule has 4 heteroatoms. The number of hydrogen-bond donors (Lipinski definition) is 2. The lowest BCUT2D eigenvalue weighted by atomic mass is 9.88. The summed E-state index contributed by atoms with van der Waals surface area (Å²) in [5.41, 5.74) is 0.308. The van der Waals surface area contributed by atoms with Gasteiger partial charge >= 0.3 is 0 Å². The van der Waals surface area contributed by atoms with E-state index in [1.165, 1.54) is 7.11 Å². The molecule has 0 spiro atoms. The number of hydrogen-bond acceptors (Lipinski definition) is 3. The zero-order valence-corrected chi connectivity index (χ0v) is 13.2. The van der Waals surface area contributed by atoms with E-state index in [1.54, 1.807) is 18.2 Å². The van der Waals surface area contributed by atoms with Crippen LogP contribution >= 0.6 is 0 Å². The van der Waals surface area contributed by atoms with Gasteiger partial charge in [-0.3, -0.25) is 4.79 Å². The Morgan fingerprint density at radius 3 is 2.48 bits per heavy atom. The fourth-order valence-electron chi connectivity index (χ4n) is 2.91. The van der Waals surface area contributed by atoms with Crippen LogP contribution in [0.5, 0.6) is 5.75 Å². The third kappa shape index (κ3) is 3.22. The van der Waals surface area contributed by atoms with Gasteiger partial charge in [0, 0.05) is 0 Å². The normalized spacial score (nSPS) is 16.4. The molecular formula is C19H21NO3. The summed E-state index contributed by atoms with van der Waals surface area (Å²) in [6.45, 7) is 0.193. The lowest BCUT2D eigenvalue weighted by Crippen LogP contribution is -2.42. The van der Waals surface area contributed by atoms with Crippen LogP contribution in [0.25, 0.3) is 0 Å². The van der Waals surface area contributed by atoms with Crippen molar-refractivity contribution < 1.29 is 14.6 Å². The number of aliphatic hydroxyl groups is 1. The van der Waals surface area contributed by atoms with E-state index in [2.05, 4.69) is 5.32 Å². The van der Waals surface area contributed by atoms with E-state index in [4.69, 9.17) is 4.74 Å². The van der Waals surface area contributed by atoms with Crippen LogP contribution in [-0.4, -0.2) is 24.7 Å². The number of methoxy groups -OCH3 is 1. The fourth-order valence-corrected chi connectivity index (χ4v) is 2.91. The maximum Gasteiger partial charge on any atom is 0.255 e. The van der Waals surface area contributed by atoms with Crippen LogP contribution < -0.4 is 10.1 Å². The number of benzene rings is 2. The van der Waals surface area contributed by atoms with Crippen LogP contribution in [-0.2, 0) is 5.60 Å². The quantitative estimate of drug-likeness (QED) is 0.862. The van der Waals surface area contributed by atoms with E-state index in [9.17, 15) is 9.90 Å². The van der Waals surface area contributed by atoms with E-state index >= 15 is 0 Å². The summed E-state index contributed by atoms with van der Waals surface area (Å²) >= 11 is 0. The number of rotatable bonds is 6. The summed E-state index contributed by atoms with van der Waals surface area (Å²) in [6.07, 6.45) is 1.96. The summed E-state index contributed by atoms with van der Waals surface area (Å²) < 4.78 is 5.22. The Balaban J connectivity index is 1.76. The summed E-state index contributed by atoms with van der Waals surface area (Å²) in [4.78, 5) is 12.4. The van der Waals surface area contributed by atoms with Gasteiger partial charge in [-0.1, -0.05) is 42.5 Å². The molecular weight excluding hydrogens is 290 g/mol. The molecule has 2 aromatic rings. The number of amides is 1. The molecule has 0 heterocycles. The second-order valence-electron chi connectivity index (χ2n) is 5.95. The average Bonchev–Trinajstić information content (AvgIpc) is 3.45. The molecule has 1 amide bonds. The minimum Gasteiger partial charge on any atom is -0.496 e. The summed E-state index contributed by atoms with van der Waals surface area (Å²) in [6, 6.07) is 16.6. The lowest BCUT2D eigenvalue weighted by Gasteiger charge is -2.29. The van der Waals surface area contributed by atoms with E-state index in [0.29, 0.717) is 11.3 Å². The molecule has 2 aromatic carbocycles. The molecule has 0 radical (unpaired) electrons. The Kier molecular flexibility index (Phi) is 4.35. The highest BCUT2D eigenvalue weighted by Gasteiger charge is 2.45. The molecule has 0 aromatic heterocycles. The Bertz CT molecular complexity index is 682. The highest BCUT2D eigenvalue weighted by molar-refractivity contribution is 5.96. The molecule has 0 bridgehead atoms. The average molecular weight is 311 g/mol. The van der Waals surface area contributed by atoms with Crippen molar-refractivity contribution in [1.82, 2.24) is 5.32 Å². The first-order valence-corrected chi connectivity index (χ1v) is 7.84. The second-order valence-corrected chi connectivity index (χ2v) is 5.95. The van der Waals surface area contributed by atoms with Gasteiger partial charge in [0.25, 0.3) is 5.91 Å². The molecule has 2 N–H and O–H groups in total. The zero-order chi connectivity index (χ0) is 16.3. The Morgan fingerprint density at radius 1 is 1.17 bits per heavy atom. The molecule has 1 atom stereocenters. The van der Waals surface area contributed by atoms with Crippen molar-refractivity contribution in [2.24, 2.45) is 5.92 Å². The number of nitrogens with one attached hydrogen (secondary N) is 1. The van der Waals surface area contributed by atoms with Gasteiger partial charge in [-0.05, 0) is 36.5 Å². The van der Waals surface area contributed by atoms with Gasteiger partial charge in [0.05, 0.1) is 19.2 Å². The highest BCUT2D eigenvalue weighted by Crippen LogP contribution is 2.45. The van der Waals surface area contributed by atoms with Gasteiger partial charge in [-0.15, -0.1) is 0 Å². The standard InChI is InChI=1S/C19H21NO3/c1-23-17-10-6-5-9-16(17)18(21)20-13-19(22,15-11-12-15)14-7-3-2-4-8-14/h2-10,15,22H,11-13H2,1H3,(H,20,21). The van der Waals surface area contributed by atoms with E-state index in [-0.39, 0.29) is 18.4 Å². The van der Waals surface area contributed by atoms with Gasteiger partial charge in [-0.25, -0.2) is 0 Å². The molecule has 120 valence electrons. The second kappa shape index (κ2) is 6.42. The molecule has 1 fully saturated rings. The van der Waals surface area contributed by atoms with Crippen LogP contribution in [0.3, 0.4) is 0 Å². The molecule has 1 unspecified atom stereocenters. The maximum absolute atomic E-state index is 12.4. The van der Waals surface area contributed by atoms with E-state index in [0.717, 1.165) is 18.4 Å². The Morgan fingerprint density at radius 2 is 1.83 bits per heavy atom. The Labute approximate surface area is 136 Å². The predicted octanol–water partition coefficient (Wildman–Crippen LogP) is 2.72. The number of ether oxygens (including phenoxy) is 1. The lowest BCUT2D eigenvalue weighted by molar-refractivity contribution is 0.0135. The molecule has 4 nitrogen and oxygen atoms in total. The van der Waals surface area contributed by atoms with Crippen molar-refractivity contribution in [3.63, 3.8) is 0 Å².